The third-order valence-electron chi connectivity index (χ3n) is 4.40. The Morgan fingerprint density at radius 2 is 2.08 bits per heavy atom. The van der Waals surface area contributed by atoms with Crippen molar-refractivity contribution >= 4 is 5.91 Å². The van der Waals surface area contributed by atoms with Crippen molar-refractivity contribution in [1.82, 2.24) is 10.6 Å². The minimum Gasteiger partial charge on any atom is -0.493 e. The first-order valence-corrected chi connectivity index (χ1v) is 8.52. The largest absolute Gasteiger partial charge is 0.493 e. The smallest absolute Gasteiger partial charge is 0.258 e. The molecule has 1 unspecified atom stereocenters. The van der Waals surface area contributed by atoms with E-state index in [1.54, 1.807) is 7.11 Å². The summed E-state index contributed by atoms with van der Waals surface area (Å²) in [6, 6.07) is 14.1. The first-order chi connectivity index (χ1) is 12.2. The fraction of sp³-hybridized carbons (Fsp3) is 0.350. The van der Waals surface area contributed by atoms with Crippen molar-refractivity contribution < 1.29 is 14.3 Å². The van der Waals surface area contributed by atoms with Crippen LogP contribution in [0.3, 0.4) is 0 Å². The number of ether oxygens (including phenoxy) is 2. The minimum atomic E-state index is -0.146. The maximum absolute atomic E-state index is 12.1. The summed E-state index contributed by atoms with van der Waals surface area (Å²) in [7, 11) is 1.59. The van der Waals surface area contributed by atoms with E-state index in [0.717, 1.165) is 18.5 Å². The number of carbonyl (C=O) groups excluding carboxylic acids is 1. The van der Waals surface area contributed by atoms with E-state index in [9.17, 15) is 4.79 Å². The summed E-state index contributed by atoms with van der Waals surface area (Å²) in [5.41, 5.74) is 3.69. The number of carbonyl (C=O) groups is 1. The number of nitrogens with one attached hydrogen (secondary N) is 2. The number of hydrogen-bond donors (Lipinski definition) is 2. The Morgan fingerprint density at radius 1 is 1.24 bits per heavy atom. The van der Waals surface area contributed by atoms with Gasteiger partial charge in [0.05, 0.1) is 7.11 Å². The first kappa shape index (κ1) is 17.3. The molecule has 5 nitrogen and oxygen atoms in total. The van der Waals surface area contributed by atoms with Crippen LogP contribution in [0.5, 0.6) is 11.5 Å². The SMILES string of the molecule is COc1cc(C)ccc1OCC(=O)NCC1NCCc2ccccc21. The van der Waals surface area contributed by atoms with Gasteiger partial charge in [0.1, 0.15) is 0 Å². The number of rotatable bonds is 6. The molecule has 1 atom stereocenters. The second-order valence-electron chi connectivity index (χ2n) is 6.20. The van der Waals surface area contributed by atoms with Crippen LogP contribution in [0.4, 0.5) is 0 Å². The van der Waals surface area contributed by atoms with Crippen molar-refractivity contribution in [2.24, 2.45) is 0 Å². The molecule has 1 aliphatic heterocycles. The summed E-state index contributed by atoms with van der Waals surface area (Å²) in [6.45, 7) is 3.42. The summed E-state index contributed by atoms with van der Waals surface area (Å²) in [6.07, 6.45) is 1.02. The van der Waals surface area contributed by atoms with Crippen molar-refractivity contribution in [2.45, 2.75) is 19.4 Å². The molecule has 0 aliphatic carbocycles. The highest BCUT2D eigenvalue weighted by molar-refractivity contribution is 5.77. The molecule has 2 aromatic carbocycles. The van der Waals surface area contributed by atoms with Crippen LogP contribution in [0.2, 0.25) is 0 Å². The van der Waals surface area contributed by atoms with Crippen molar-refractivity contribution in [3.8, 4) is 11.5 Å². The van der Waals surface area contributed by atoms with Crippen LogP contribution in [0.1, 0.15) is 22.7 Å². The summed E-state index contributed by atoms with van der Waals surface area (Å²) in [5.74, 6) is 1.06. The monoisotopic (exact) mass is 340 g/mol. The molecule has 1 heterocycles. The third-order valence-corrected chi connectivity index (χ3v) is 4.40. The van der Waals surface area contributed by atoms with Crippen molar-refractivity contribution in [3.05, 3.63) is 59.2 Å². The highest BCUT2D eigenvalue weighted by Gasteiger charge is 2.19. The molecule has 3 rings (SSSR count). The molecule has 132 valence electrons. The predicted octanol–water partition coefficient (Wildman–Crippen LogP) is 2.39. The molecule has 5 heteroatoms. The molecular formula is C20H24N2O3. The summed E-state index contributed by atoms with van der Waals surface area (Å²) in [5, 5.41) is 6.40. The van der Waals surface area contributed by atoms with Crippen LogP contribution in [-0.4, -0.2) is 32.7 Å². The Morgan fingerprint density at radius 3 is 2.92 bits per heavy atom. The molecule has 1 aliphatic rings. The van der Waals surface area contributed by atoms with E-state index in [4.69, 9.17) is 9.47 Å². The van der Waals surface area contributed by atoms with Crippen LogP contribution in [0, 0.1) is 6.92 Å². The van der Waals surface area contributed by atoms with Crippen molar-refractivity contribution in [1.29, 1.82) is 0 Å². The Hall–Kier alpha value is -2.53. The Labute approximate surface area is 148 Å². The minimum absolute atomic E-state index is 0.0339. The lowest BCUT2D eigenvalue weighted by molar-refractivity contribution is -0.123. The number of fused-ring (bicyclic) bond motifs is 1. The highest BCUT2D eigenvalue weighted by atomic mass is 16.5. The van der Waals surface area contributed by atoms with Gasteiger partial charge in [-0.15, -0.1) is 0 Å². The second-order valence-corrected chi connectivity index (χ2v) is 6.20. The van der Waals surface area contributed by atoms with Gasteiger partial charge in [-0.2, -0.15) is 0 Å². The molecule has 1 amide bonds. The van der Waals surface area contributed by atoms with Crippen LogP contribution >= 0.6 is 0 Å². The molecule has 2 N–H and O–H groups in total. The fourth-order valence-corrected chi connectivity index (χ4v) is 3.08. The van der Waals surface area contributed by atoms with Gasteiger partial charge in [0, 0.05) is 12.6 Å². The predicted molar refractivity (Wildman–Crippen MR) is 97.1 cm³/mol. The van der Waals surface area contributed by atoms with Gasteiger partial charge in [0.2, 0.25) is 0 Å². The lowest BCUT2D eigenvalue weighted by atomic mass is 9.94. The molecule has 0 radical (unpaired) electrons. The topological polar surface area (TPSA) is 59.6 Å². The van der Waals surface area contributed by atoms with Crippen LogP contribution < -0.4 is 20.1 Å². The molecule has 0 saturated carbocycles. The van der Waals surface area contributed by atoms with E-state index in [-0.39, 0.29) is 18.6 Å². The molecule has 0 aromatic heterocycles. The van der Waals surface area contributed by atoms with Crippen LogP contribution in [0.25, 0.3) is 0 Å². The van der Waals surface area contributed by atoms with Gasteiger partial charge in [0.25, 0.3) is 5.91 Å². The lowest BCUT2D eigenvalue weighted by Gasteiger charge is -2.27. The Kier molecular flexibility index (Phi) is 5.56. The van der Waals surface area contributed by atoms with Gasteiger partial charge in [-0.05, 0) is 48.7 Å². The van der Waals surface area contributed by atoms with E-state index in [0.29, 0.717) is 18.0 Å². The number of amides is 1. The van der Waals surface area contributed by atoms with Gasteiger partial charge in [0.15, 0.2) is 18.1 Å². The zero-order valence-electron chi connectivity index (χ0n) is 14.7. The maximum Gasteiger partial charge on any atom is 0.258 e. The second kappa shape index (κ2) is 8.03. The molecule has 0 fully saturated rings. The van der Waals surface area contributed by atoms with Crippen molar-refractivity contribution in [2.75, 3.05) is 26.8 Å². The number of benzene rings is 2. The van der Waals surface area contributed by atoms with Crippen LogP contribution in [-0.2, 0) is 11.2 Å². The molecular weight excluding hydrogens is 316 g/mol. The van der Waals surface area contributed by atoms with Gasteiger partial charge in [-0.1, -0.05) is 30.3 Å². The zero-order chi connectivity index (χ0) is 17.6. The van der Waals surface area contributed by atoms with E-state index in [2.05, 4.69) is 28.8 Å². The number of aryl methyl sites for hydroxylation is 1. The molecule has 0 spiro atoms. The summed E-state index contributed by atoms with van der Waals surface area (Å²) < 4.78 is 10.9. The van der Waals surface area contributed by atoms with Gasteiger partial charge in [-0.25, -0.2) is 0 Å². The number of hydrogen-bond acceptors (Lipinski definition) is 4. The molecule has 2 aromatic rings. The summed E-state index contributed by atoms with van der Waals surface area (Å²) in [4.78, 5) is 12.1. The Balaban J connectivity index is 1.53. The van der Waals surface area contributed by atoms with Crippen molar-refractivity contribution in [3.63, 3.8) is 0 Å². The van der Waals surface area contributed by atoms with Crippen LogP contribution in [0.15, 0.2) is 42.5 Å². The zero-order valence-corrected chi connectivity index (χ0v) is 14.7. The van der Waals surface area contributed by atoms with Gasteiger partial charge in [-0.3, -0.25) is 4.79 Å². The third kappa shape index (κ3) is 4.31. The molecule has 0 saturated heterocycles. The number of methoxy groups -OCH3 is 1. The Bertz CT molecular complexity index is 745. The molecule has 0 bridgehead atoms. The van der Waals surface area contributed by atoms with Gasteiger partial charge >= 0.3 is 0 Å². The van der Waals surface area contributed by atoms with E-state index < -0.39 is 0 Å². The van der Waals surface area contributed by atoms with E-state index in [1.807, 2.05) is 31.2 Å². The standard InChI is InChI=1S/C20H24N2O3/c1-14-7-8-18(19(11-14)24-2)25-13-20(23)22-12-17-16-6-4-3-5-15(16)9-10-21-17/h3-8,11,17,21H,9-10,12-13H2,1-2H3,(H,22,23). The van der Waals surface area contributed by atoms with E-state index in [1.165, 1.54) is 11.1 Å². The average Bonchev–Trinajstić information content (AvgIpc) is 2.65. The fourth-order valence-electron chi connectivity index (χ4n) is 3.08. The maximum atomic E-state index is 12.1. The van der Waals surface area contributed by atoms with Gasteiger partial charge < -0.3 is 20.1 Å². The summed E-state index contributed by atoms with van der Waals surface area (Å²) >= 11 is 0. The normalized spacial score (nSPS) is 16.0. The quantitative estimate of drug-likeness (QED) is 0.848. The molecule has 25 heavy (non-hydrogen) atoms. The average molecular weight is 340 g/mol. The van der Waals surface area contributed by atoms with E-state index >= 15 is 0 Å². The lowest BCUT2D eigenvalue weighted by Crippen LogP contribution is -2.40. The highest BCUT2D eigenvalue weighted by Crippen LogP contribution is 2.27. The first-order valence-electron chi connectivity index (χ1n) is 8.52.